The molecule has 0 aliphatic heterocycles. The Kier molecular flexibility index (Phi) is 5.12. The lowest BCUT2D eigenvalue weighted by Gasteiger charge is -2.03. The van der Waals surface area contributed by atoms with Crippen LogP contribution >= 0.6 is 11.6 Å². The van der Waals surface area contributed by atoms with Gasteiger partial charge in [-0.1, -0.05) is 43.7 Å². The van der Waals surface area contributed by atoms with E-state index in [1.165, 1.54) is 12.1 Å². The number of hydrogen-bond acceptors (Lipinski definition) is 3. The molecule has 0 unspecified atom stereocenters. The number of rotatable bonds is 5. The van der Waals surface area contributed by atoms with E-state index in [4.69, 9.17) is 11.6 Å². The van der Waals surface area contributed by atoms with Crippen molar-refractivity contribution in [3.63, 3.8) is 0 Å². The minimum absolute atomic E-state index is 0.0642. The number of nitro benzene ring substituents is 1. The zero-order valence-corrected chi connectivity index (χ0v) is 10.6. The van der Waals surface area contributed by atoms with Crippen LogP contribution in [0.25, 0.3) is 6.08 Å². The predicted octanol–water partition coefficient (Wildman–Crippen LogP) is 3.26. The summed E-state index contributed by atoms with van der Waals surface area (Å²) in [6.07, 6.45) is 3.76. The van der Waals surface area contributed by atoms with Crippen LogP contribution in [0.2, 0.25) is 5.02 Å². The molecule has 0 fully saturated rings. The molecule has 0 spiro atoms. The van der Waals surface area contributed by atoms with Crippen molar-refractivity contribution in [3.8, 4) is 0 Å². The minimum Gasteiger partial charge on any atom is -0.311 e. The summed E-state index contributed by atoms with van der Waals surface area (Å²) in [6, 6.07) is 5.17. The van der Waals surface area contributed by atoms with Crippen molar-refractivity contribution in [1.29, 1.82) is 0 Å². The molecule has 0 aromatic heterocycles. The Morgan fingerprint density at radius 3 is 2.82 bits per heavy atom. The lowest BCUT2D eigenvalue weighted by molar-refractivity contribution is -0.384. The lowest BCUT2D eigenvalue weighted by Crippen LogP contribution is -2.22. The summed E-state index contributed by atoms with van der Waals surface area (Å²) in [6.45, 7) is 4.84. The van der Waals surface area contributed by atoms with Gasteiger partial charge in [-0.25, -0.2) is 0 Å². The highest BCUT2D eigenvalue weighted by molar-refractivity contribution is 6.32. The number of nitrogens with one attached hydrogen (secondary N) is 1. The van der Waals surface area contributed by atoms with Gasteiger partial charge in [-0.05, 0) is 11.6 Å². The first-order valence-electron chi connectivity index (χ1n) is 5.34. The summed E-state index contributed by atoms with van der Waals surface area (Å²) in [7, 11) is 0. The number of benzene rings is 1. The van der Waals surface area contributed by atoms with Crippen LogP contribution < -0.4 is 5.32 Å². The number of hydrogen-bond donors (Lipinski definition) is 1. The maximum absolute atomic E-state index is 10.7. The highest BCUT2D eigenvalue weighted by atomic mass is 35.5. The van der Waals surface area contributed by atoms with Crippen LogP contribution in [-0.4, -0.2) is 17.5 Å². The average molecular weight is 255 g/mol. The number of nitrogens with zero attached hydrogens (tertiary/aromatic N) is 1. The van der Waals surface area contributed by atoms with Gasteiger partial charge in [0.15, 0.2) is 0 Å². The maximum Gasteiger partial charge on any atom is 0.288 e. The third-order valence-corrected chi connectivity index (χ3v) is 2.44. The van der Waals surface area contributed by atoms with Gasteiger partial charge >= 0.3 is 0 Å². The van der Waals surface area contributed by atoms with Crippen molar-refractivity contribution < 1.29 is 4.92 Å². The van der Waals surface area contributed by atoms with Crippen LogP contribution in [0, 0.1) is 10.1 Å². The molecule has 0 saturated carbocycles. The summed E-state index contributed by atoms with van der Waals surface area (Å²) in [4.78, 5) is 10.2. The fourth-order valence-electron chi connectivity index (χ4n) is 1.27. The van der Waals surface area contributed by atoms with Crippen LogP contribution in [0.3, 0.4) is 0 Å². The van der Waals surface area contributed by atoms with Gasteiger partial charge < -0.3 is 5.32 Å². The van der Waals surface area contributed by atoms with Crippen molar-refractivity contribution in [2.75, 3.05) is 6.54 Å². The van der Waals surface area contributed by atoms with Crippen LogP contribution in [0.15, 0.2) is 24.3 Å². The standard InChI is InChI=1S/C12H15ClN2O2/c1-9(2)14-7-3-4-10-5-6-11(13)12(8-10)15(16)17/h3-6,8-9,14H,7H2,1-2H3. The first-order valence-corrected chi connectivity index (χ1v) is 5.72. The Morgan fingerprint density at radius 2 is 2.24 bits per heavy atom. The monoisotopic (exact) mass is 254 g/mol. The number of halogens is 1. The molecule has 1 rings (SSSR count). The van der Waals surface area contributed by atoms with Gasteiger partial charge in [0.1, 0.15) is 5.02 Å². The molecule has 0 aliphatic rings. The Labute approximate surface area is 105 Å². The topological polar surface area (TPSA) is 55.2 Å². The molecule has 0 atom stereocenters. The molecular formula is C12H15ClN2O2. The summed E-state index contributed by atoms with van der Waals surface area (Å²) in [5.74, 6) is 0. The zero-order chi connectivity index (χ0) is 12.8. The van der Waals surface area contributed by atoms with Crippen molar-refractivity contribution in [1.82, 2.24) is 5.32 Å². The Bertz CT molecular complexity index is 431. The molecule has 0 bridgehead atoms. The third-order valence-electron chi connectivity index (χ3n) is 2.12. The Hall–Kier alpha value is -1.39. The molecule has 0 amide bonds. The first kappa shape index (κ1) is 13.7. The van der Waals surface area contributed by atoms with Crippen molar-refractivity contribution in [2.24, 2.45) is 0 Å². The van der Waals surface area contributed by atoms with Gasteiger partial charge in [-0.2, -0.15) is 0 Å². The molecular weight excluding hydrogens is 240 g/mol. The van der Waals surface area contributed by atoms with Gasteiger partial charge in [0.2, 0.25) is 0 Å². The third kappa shape index (κ3) is 4.54. The summed E-state index contributed by atoms with van der Waals surface area (Å²) < 4.78 is 0. The van der Waals surface area contributed by atoms with E-state index in [1.54, 1.807) is 6.07 Å². The van der Waals surface area contributed by atoms with E-state index in [0.29, 0.717) is 6.04 Å². The fraction of sp³-hybridized carbons (Fsp3) is 0.333. The zero-order valence-electron chi connectivity index (χ0n) is 9.81. The van der Waals surface area contributed by atoms with E-state index in [2.05, 4.69) is 19.2 Å². The molecule has 0 aliphatic carbocycles. The van der Waals surface area contributed by atoms with Gasteiger partial charge in [0.25, 0.3) is 5.69 Å². The largest absolute Gasteiger partial charge is 0.311 e. The quantitative estimate of drug-likeness (QED) is 0.648. The molecule has 1 N–H and O–H groups in total. The molecule has 1 aromatic rings. The van der Waals surface area contributed by atoms with E-state index in [9.17, 15) is 10.1 Å². The summed E-state index contributed by atoms with van der Waals surface area (Å²) in [5.41, 5.74) is 0.706. The van der Waals surface area contributed by atoms with E-state index in [1.807, 2.05) is 12.2 Å². The first-order chi connectivity index (χ1) is 8.00. The average Bonchev–Trinajstić information content (AvgIpc) is 2.25. The highest BCUT2D eigenvalue weighted by Crippen LogP contribution is 2.25. The smallest absolute Gasteiger partial charge is 0.288 e. The summed E-state index contributed by atoms with van der Waals surface area (Å²) in [5, 5.41) is 14.1. The van der Waals surface area contributed by atoms with E-state index < -0.39 is 4.92 Å². The van der Waals surface area contributed by atoms with Crippen LogP contribution in [-0.2, 0) is 0 Å². The maximum atomic E-state index is 10.7. The second-order valence-electron chi connectivity index (χ2n) is 3.93. The van der Waals surface area contributed by atoms with E-state index >= 15 is 0 Å². The van der Waals surface area contributed by atoms with Crippen molar-refractivity contribution in [3.05, 3.63) is 45.0 Å². The SMILES string of the molecule is CC(C)NCC=Cc1ccc(Cl)c([N+](=O)[O-])c1. The Morgan fingerprint density at radius 1 is 1.53 bits per heavy atom. The van der Waals surface area contributed by atoms with Gasteiger partial charge in [0, 0.05) is 18.7 Å². The second-order valence-corrected chi connectivity index (χ2v) is 4.34. The van der Waals surface area contributed by atoms with E-state index in [-0.39, 0.29) is 10.7 Å². The Balaban J connectivity index is 2.72. The second kappa shape index (κ2) is 6.37. The van der Waals surface area contributed by atoms with E-state index in [0.717, 1.165) is 12.1 Å². The summed E-state index contributed by atoms with van der Waals surface area (Å²) >= 11 is 5.72. The van der Waals surface area contributed by atoms with Crippen LogP contribution in [0.5, 0.6) is 0 Å². The number of nitro groups is 1. The molecule has 0 saturated heterocycles. The molecule has 17 heavy (non-hydrogen) atoms. The molecule has 0 heterocycles. The normalized spacial score (nSPS) is 11.3. The highest BCUT2D eigenvalue weighted by Gasteiger charge is 2.11. The lowest BCUT2D eigenvalue weighted by atomic mass is 10.2. The van der Waals surface area contributed by atoms with Crippen LogP contribution in [0.1, 0.15) is 19.4 Å². The molecule has 5 heteroatoms. The molecule has 4 nitrogen and oxygen atoms in total. The molecule has 92 valence electrons. The van der Waals surface area contributed by atoms with Crippen molar-refractivity contribution in [2.45, 2.75) is 19.9 Å². The van der Waals surface area contributed by atoms with Gasteiger partial charge in [-0.3, -0.25) is 10.1 Å². The minimum atomic E-state index is -0.480. The fourth-order valence-corrected chi connectivity index (χ4v) is 1.46. The van der Waals surface area contributed by atoms with Gasteiger partial charge in [-0.15, -0.1) is 0 Å². The van der Waals surface area contributed by atoms with Crippen LogP contribution in [0.4, 0.5) is 5.69 Å². The predicted molar refractivity (Wildman–Crippen MR) is 70.3 cm³/mol. The molecule has 1 aromatic carbocycles. The van der Waals surface area contributed by atoms with Crippen molar-refractivity contribution >= 4 is 23.4 Å². The van der Waals surface area contributed by atoms with Gasteiger partial charge in [0.05, 0.1) is 4.92 Å². The molecule has 0 radical (unpaired) electrons.